The molecule has 0 saturated carbocycles. The Kier molecular flexibility index (Phi) is 6.48. The molecule has 1 aromatic heterocycles. The molecule has 2 aliphatic rings. The Hall–Kier alpha value is -1.40. The molecular weight excluding hydrogens is 334 g/mol. The summed E-state index contributed by atoms with van der Waals surface area (Å²) in [4.78, 5) is 29.1. The van der Waals surface area contributed by atoms with Gasteiger partial charge in [0.15, 0.2) is 0 Å². The zero-order valence-corrected chi connectivity index (χ0v) is 15.9. The lowest BCUT2D eigenvalue weighted by Crippen LogP contribution is -2.39. The summed E-state index contributed by atoms with van der Waals surface area (Å²) in [5.41, 5.74) is 0.767. The number of hydrogen-bond acceptors (Lipinski definition) is 4. The monoisotopic (exact) mass is 363 g/mol. The van der Waals surface area contributed by atoms with Crippen molar-refractivity contribution in [3.8, 4) is 0 Å². The van der Waals surface area contributed by atoms with Crippen molar-refractivity contribution in [2.45, 2.75) is 32.6 Å². The second kappa shape index (κ2) is 8.81. The average Bonchev–Trinajstić information content (AvgIpc) is 3.06. The zero-order valence-electron chi connectivity index (χ0n) is 15.1. The van der Waals surface area contributed by atoms with Gasteiger partial charge in [-0.2, -0.15) is 11.3 Å². The summed E-state index contributed by atoms with van der Waals surface area (Å²) in [6.45, 7) is 7.15. The van der Waals surface area contributed by atoms with E-state index in [1.54, 1.807) is 11.3 Å². The lowest BCUT2D eigenvalue weighted by atomic mass is 9.85. The Morgan fingerprint density at radius 3 is 2.76 bits per heavy atom. The fourth-order valence-electron chi connectivity index (χ4n) is 3.87. The lowest BCUT2D eigenvalue weighted by molar-refractivity contribution is -0.132. The summed E-state index contributed by atoms with van der Waals surface area (Å²) >= 11 is 1.55. The van der Waals surface area contributed by atoms with Crippen molar-refractivity contribution in [2.75, 3.05) is 39.3 Å². The number of amides is 2. The van der Waals surface area contributed by atoms with Crippen molar-refractivity contribution >= 4 is 23.2 Å². The molecule has 0 radical (unpaired) electrons. The van der Waals surface area contributed by atoms with E-state index in [2.05, 4.69) is 12.2 Å². The van der Waals surface area contributed by atoms with Crippen LogP contribution in [0.25, 0.3) is 0 Å². The van der Waals surface area contributed by atoms with Crippen LogP contribution in [0.4, 0.5) is 0 Å². The highest BCUT2D eigenvalue weighted by Gasteiger charge is 2.26. The Bertz CT molecular complexity index is 569. The lowest BCUT2D eigenvalue weighted by Gasteiger charge is -2.30. The number of hydrogen-bond donors (Lipinski definition) is 1. The van der Waals surface area contributed by atoms with Gasteiger partial charge in [-0.1, -0.05) is 6.92 Å². The third kappa shape index (κ3) is 4.82. The predicted molar refractivity (Wildman–Crippen MR) is 101 cm³/mol. The van der Waals surface area contributed by atoms with E-state index in [9.17, 15) is 9.59 Å². The van der Waals surface area contributed by atoms with Crippen LogP contribution in [0.2, 0.25) is 0 Å². The van der Waals surface area contributed by atoms with Gasteiger partial charge in [0.2, 0.25) is 5.91 Å². The highest BCUT2D eigenvalue weighted by Crippen LogP contribution is 2.23. The molecule has 25 heavy (non-hydrogen) atoms. The topological polar surface area (TPSA) is 52.7 Å². The number of nitrogens with zero attached hydrogens (tertiary/aromatic N) is 2. The van der Waals surface area contributed by atoms with E-state index in [0.717, 1.165) is 38.2 Å². The Morgan fingerprint density at radius 1 is 1.24 bits per heavy atom. The molecule has 0 aromatic carbocycles. The van der Waals surface area contributed by atoms with Crippen molar-refractivity contribution in [3.05, 3.63) is 22.4 Å². The molecule has 3 rings (SSSR count). The SMILES string of the molecule is CC(CC(=O)N1CCCN(C(=O)c2ccsc2)CC1)C1CCCNC1. The van der Waals surface area contributed by atoms with Gasteiger partial charge in [-0.3, -0.25) is 9.59 Å². The molecule has 1 aromatic rings. The van der Waals surface area contributed by atoms with Gasteiger partial charge in [-0.05, 0) is 55.6 Å². The third-order valence-electron chi connectivity index (χ3n) is 5.54. The number of piperidine rings is 1. The number of carbonyl (C=O) groups excluding carboxylic acids is 2. The van der Waals surface area contributed by atoms with Gasteiger partial charge in [0, 0.05) is 38.0 Å². The molecule has 2 amide bonds. The van der Waals surface area contributed by atoms with E-state index < -0.39 is 0 Å². The molecule has 2 unspecified atom stereocenters. The summed E-state index contributed by atoms with van der Waals surface area (Å²) in [6.07, 6.45) is 3.93. The van der Waals surface area contributed by atoms with Crippen molar-refractivity contribution in [1.29, 1.82) is 0 Å². The number of carbonyl (C=O) groups is 2. The average molecular weight is 364 g/mol. The first-order chi connectivity index (χ1) is 12.1. The van der Waals surface area contributed by atoms with Crippen LogP contribution in [0, 0.1) is 11.8 Å². The van der Waals surface area contributed by atoms with E-state index in [1.807, 2.05) is 26.6 Å². The first-order valence-corrected chi connectivity index (χ1v) is 10.4. The molecule has 138 valence electrons. The molecule has 2 aliphatic heterocycles. The highest BCUT2D eigenvalue weighted by molar-refractivity contribution is 7.08. The van der Waals surface area contributed by atoms with Gasteiger partial charge in [0.25, 0.3) is 5.91 Å². The minimum atomic E-state index is 0.0946. The number of thiophene rings is 1. The molecule has 5 nitrogen and oxygen atoms in total. The van der Waals surface area contributed by atoms with Gasteiger partial charge in [0.05, 0.1) is 5.56 Å². The predicted octanol–water partition coefficient (Wildman–Crippen LogP) is 2.45. The molecule has 2 saturated heterocycles. The van der Waals surface area contributed by atoms with Crippen LogP contribution in [0.5, 0.6) is 0 Å². The van der Waals surface area contributed by atoms with E-state index in [0.29, 0.717) is 31.3 Å². The second-order valence-corrected chi connectivity index (χ2v) is 8.11. The summed E-state index contributed by atoms with van der Waals surface area (Å²) in [5.74, 6) is 1.38. The van der Waals surface area contributed by atoms with E-state index >= 15 is 0 Å². The number of rotatable bonds is 4. The summed E-state index contributed by atoms with van der Waals surface area (Å²) in [7, 11) is 0. The van der Waals surface area contributed by atoms with Crippen LogP contribution >= 0.6 is 11.3 Å². The molecule has 0 bridgehead atoms. The van der Waals surface area contributed by atoms with Gasteiger partial charge >= 0.3 is 0 Å². The maximum atomic E-state index is 12.7. The Morgan fingerprint density at radius 2 is 2.04 bits per heavy atom. The van der Waals surface area contributed by atoms with Gasteiger partial charge in [-0.15, -0.1) is 0 Å². The van der Waals surface area contributed by atoms with Crippen molar-refractivity contribution < 1.29 is 9.59 Å². The minimum Gasteiger partial charge on any atom is -0.341 e. The maximum absolute atomic E-state index is 12.7. The van der Waals surface area contributed by atoms with Gasteiger partial charge in [0.1, 0.15) is 0 Å². The molecule has 2 fully saturated rings. The summed E-state index contributed by atoms with van der Waals surface area (Å²) in [5, 5.41) is 7.27. The van der Waals surface area contributed by atoms with E-state index in [-0.39, 0.29) is 11.8 Å². The molecule has 6 heteroatoms. The summed E-state index contributed by atoms with van der Waals surface area (Å²) < 4.78 is 0. The smallest absolute Gasteiger partial charge is 0.254 e. The van der Waals surface area contributed by atoms with E-state index in [1.165, 1.54) is 12.8 Å². The Labute approximate surface area is 154 Å². The first-order valence-electron chi connectivity index (χ1n) is 9.45. The molecule has 2 atom stereocenters. The second-order valence-electron chi connectivity index (χ2n) is 7.33. The van der Waals surface area contributed by atoms with Crippen LogP contribution in [0.3, 0.4) is 0 Å². The van der Waals surface area contributed by atoms with Crippen LogP contribution in [0.15, 0.2) is 16.8 Å². The highest BCUT2D eigenvalue weighted by atomic mass is 32.1. The Balaban J connectivity index is 1.50. The fraction of sp³-hybridized carbons (Fsp3) is 0.684. The van der Waals surface area contributed by atoms with E-state index in [4.69, 9.17) is 0 Å². The zero-order chi connectivity index (χ0) is 17.6. The van der Waals surface area contributed by atoms with Gasteiger partial charge < -0.3 is 15.1 Å². The molecule has 0 spiro atoms. The fourth-order valence-corrected chi connectivity index (χ4v) is 4.50. The molecular formula is C19H29N3O2S. The van der Waals surface area contributed by atoms with Crippen LogP contribution in [-0.2, 0) is 4.79 Å². The van der Waals surface area contributed by atoms with Crippen LogP contribution < -0.4 is 5.32 Å². The molecule has 3 heterocycles. The normalized spacial score (nSPS) is 23.2. The first kappa shape index (κ1) is 18.4. The van der Waals surface area contributed by atoms with Gasteiger partial charge in [-0.25, -0.2) is 0 Å². The molecule has 1 N–H and O–H groups in total. The standard InChI is InChI=1S/C19H29N3O2S/c1-15(16-4-2-6-20-13-16)12-18(23)21-7-3-8-22(10-9-21)19(24)17-5-11-25-14-17/h5,11,14-16,20H,2-4,6-10,12-13H2,1H3. The number of nitrogens with one attached hydrogen (secondary N) is 1. The minimum absolute atomic E-state index is 0.0946. The van der Waals surface area contributed by atoms with Crippen molar-refractivity contribution in [1.82, 2.24) is 15.1 Å². The van der Waals surface area contributed by atoms with Crippen molar-refractivity contribution in [3.63, 3.8) is 0 Å². The maximum Gasteiger partial charge on any atom is 0.254 e. The van der Waals surface area contributed by atoms with Crippen LogP contribution in [-0.4, -0.2) is 60.9 Å². The van der Waals surface area contributed by atoms with Crippen molar-refractivity contribution in [2.24, 2.45) is 11.8 Å². The van der Waals surface area contributed by atoms with Crippen LogP contribution in [0.1, 0.15) is 43.0 Å². The third-order valence-corrected chi connectivity index (χ3v) is 6.22. The summed E-state index contributed by atoms with van der Waals surface area (Å²) in [6, 6.07) is 1.88. The molecule has 0 aliphatic carbocycles. The quantitative estimate of drug-likeness (QED) is 0.894. The largest absolute Gasteiger partial charge is 0.341 e.